The standard InChI is InChI=1S/C31H55NO5S/c1-3-5-7-9-11-13-15-17-18-20-22-24-26-30(33)29(28-38(35,36)37)32-31(34)27-25-23-21-19-16-14-12-10-8-6-4-2/h9-12,17-18,24,26,29-30,33H,3-8,13-16,19-23,25,27-28H2,1-2H3,(H,32,34)(H,35,36,37)/b11-9+,12-10-,18-17+,26-24+. The van der Waals surface area contributed by atoms with Crippen molar-refractivity contribution < 1.29 is 22.9 Å². The van der Waals surface area contributed by atoms with Crippen LogP contribution in [0.1, 0.15) is 123 Å². The lowest BCUT2D eigenvalue weighted by atomic mass is 10.1. The highest BCUT2D eigenvalue weighted by Gasteiger charge is 2.24. The van der Waals surface area contributed by atoms with E-state index in [0.717, 1.165) is 64.2 Å². The average Bonchev–Trinajstić information content (AvgIpc) is 2.86. The molecule has 0 radical (unpaired) electrons. The highest BCUT2D eigenvalue weighted by Crippen LogP contribution is 2.09. The number of aliphatic hydroxyl groups excluding tert-OH is 1. The van der Waals surface area contributed by atoms with E-state index in [1.807, 2.05) is 0 Å². The number of hydrogen-bond acceptors (Lipinski definition) is 4. The molecule has 0 spiro atoms. The van der Waals surface area contributed by atoms with Crippen molar-refractivity contribution in [1.82, 2.24) is 5.32 Å². The molecule has 3 N–H and O–H groups in total. The second kappa shape index (κ2) is 25.6. The lowest BCUT2D eigenvalue weighted by Crippen LogP contribution is -2.46. The van der Waals surface area contributed by atoms with Crippen molar-refractivity contribution in [2.24, 2.45) is 0 Å². The third-order valence-electron chi connectivity index (χ3n) is 6.21. The summed E-state index contributed by atoms with van der Waals surface area (Å²) in [7, 11) is -4.35. The van der Waals surface area contributed by atoms with Gasteiger partial charge in [-0.3, -0.25) is 9.35 Å². The molecule has 0 saturated heterocycles. The van der Waals surface area contributed by atoms with E-state index in [9.17, 15) is 22.9 Å². The van der Waals surface area contributed by atoms with Gasteiger partial charge in [-0.25, -0.2) is 0 Å². The van der Waals surface area contributed by atoms with Gasteiger partial charge in [0.1, 0.15) is 0 Å². The summed E-state index contributed by atoms with van der Waals surface area (Å²) in [6.45, 7) is 4.38. The molecule has 0 aromatic rings. The number of rotatable bonds is 25. The lowest BCUT2D eigenvalue weighted by molar-refractivity contribution is -0.122. The maximum atomic E-state index is 12.3. The number of carbonyl (C=O) groups is 1. The zero-order valence-corrected chi connectivity index (χ0v) is 24.8. The quantitative estimate of drug-likeness (QED) is 0.0613. The zero-order valence-electron chi connectivity index (χ0n) is 24.0. The van der Waals surface area contributed by atoms with E-state index >= 15 is 0 Å². The van der Waals surface area contributed by atoms with Gasteiger partial charge < -0.3 is 10.4 Å². The van der Waals surface area contributed by atoms with Crippen LogP contribution in [-0.2, 0) is 14.9 Å². The van der Waals surface area contributed by atoms with E-state index in [1.165, 1.54) is 31.8 Å². The van der Waals surface area contributed by atoms with Gasteiger partial charge in [0.2, 0.25) is 5.91 Å². The van der Waals surface area contributed by atoms with E-state index in [1.54, 1.807) is 6.08 Å². The molecule has 7 heteroatoms. The third kappa shape index (κ3) is 25.9. The molecule has 2 atom stereocenters. The van der Waals surface area contributed by atoms with E-state index in [4.69, 9.17) is 0 Å². The average molecular weight is 554 g/mol. The Labute approximate surface area is 233 Å². The van der Waals surface area contributed by atoms with Crippen molar-refractivity contribution in [1.29, 1.82) is 0 Å². The van der Waals surface area contributed by atoms with Crippen LogP contribution in [0.15, 0.2) is 48.6 Å². The van der Waals surface area contributed by atoms with E-state index in [2.05, 4.69) is 55.6 Å². The van der Waals surface area contributed by atoms with Crippen LogP contribution in [0.3, 0.4) is 0 Å². The minimum atomic E-state index is -4.35. The summed E-state index contributed by atoms with van der Waals surface area (Å²) in [6.07, 6.45) is 32.4. The van der Waals surface area contributed by atoms with Crippen molar-refractivity contribution in [2.45, 2.75) is 135 Å². The van der Waals surface area contributed by atoms with Crippen LogP contribution in [0.2, 0.25) is 0 Å². The molecular weight excluding hydrogens is 498 g/mol. The second-order valence-electron chi connectivity index (χ2n) is 10.0. The smallest absolute Gasteiger partial charge is 0.267 e. The van der Waals surface area contributed by atoms with E-state index in [0.29, 0.717) is 12.8 Å². The molecule has 0 heterocycles. The predicted molar refractivity (Wildman–Crippen MR) is 161 cm³/mol. The number of nitrogens with one attached hydrogen (secondary N) is 1. The van der Waals surface area contributed by atoms with Gasteiger partial charge in [0, 0.05) is 6.42 Å². The van der Waals surface area contributed by atoms with Crippen LogP contribution >= 0.6 is 0 Å². The molecule has 0 saturated carbocycles. The predicted octanol–water partition coefficient (Wildman–Crippen LogP) is 7.62. The van der Waals surface area contributed by atoms with Crippen LogP contribution in [-0.4, -0.2) is 41.9 Å². The van der Waals surface area contributed by atoms with Crippen LogP contribution in [0.5, 0.6) is 0 Å². The number of amides is 1. The Morgan fingerprint density at radius 1 is 0.684 bits per heavy atom. The summed E-state index contributed by atoms with van der Waals surface area (Å²) in [6, 6.07) is -1.08. The molecule has 2 unspecified atom stereocenters. The number of unbranched alkanes of at least 4 members (excludes halogenated alkanes) is 11. The van der Waals surface area contributed by atoms with Gasteiger partial charge in [-0.15, -0.1) is 0 Å². The Balaban J connectivity index is 4.24. The van der Waals surface area contributed by atoms with Crippen molar-refractivity contribution >= 4 is 16.0 Å². The van der Waals surface area contributed by atoms with Gasteiger partial charge in [0.25, 0.3) is 10.1 Å². The molecule has 0 aromatic carbocycles. The summed E-state index contributed by atoms with van der Waals surface area (Å²) in [5.41, 5.74) is 0. The van der Waals surface area contributed by atoms with E-state index < -0.39 is 28.0 Å². The van der Waals surface area contributed by atoms with Gasteiger partial charge in [-0.2, -0.15) is 8.42 Å². The molecule has 0 aliphatic rings. The minimum absolute atomic E-state index is 0.272. The summed E-state index contributed by atoms with van der Waals surface area (Å²) in [5.74, 6) is -1.03. The fourth-order valence-electron chi connectivity index (χ4n) is 3.92. The van der Waals surface area contributed by atoms with Gasteiger partial charge in [0.05, 0.1) is 17.9 Å². The van der Waals surface area contributed by atoms with Gasteiger partial charge in [0.15, 0.2) is 0 Å². The summed E-state index contributed by atoms with van der Waals surface area (Å²) >= 11 is 0. The Hall–Kier alpha value is -1.70. The number of carbonyl (C=O) groups excluding carboxylic acids is 1. The number of allylic oxidation sites excluding steroid dienone is 7. The highest BCUT2D eigenvalue weighted by molar-refractivity contribution is 7.85. The van der Waals surface area contributed by atoms with Crippen LogP contribution in [0.4, 0.5) is 0 Å². The Bertz CT molecular complexity index is 786. The molecule has 0 aliphatic heterocycles. The number of hydrogen-bond donors (Lipinski definition) is 3. The van der Waals surface area contributed by atoms with Crippen LogP contribution in [0.25, 0.3) is 0 Å². The molecule has 0 aromatic heterocycles. The molecule has 6 nitrogen and oxygen atoms in total. The van der Waals surface area contributed by atoms with Crippen molar-refractivity contribution in [3.05, 3.63) is 48.6 Å². The fourth-order valence-corrected chi connectivity index (χ4v) is 4.65. The SMILES string of the molecule is CCCC/C=C\CCCCCCCC(=O)NC(CS(=O)(=O)O)C(O)/C=C/CC/C=C/CC/C=C/CCCC. The molecule has 1 amide bonds. The Kier molecular flexibility index (Phi) is 24.4. The highest BCUT2D eigenvalue weighted by atomic mass is 32.2. The van der Waals surface area contributed by atoms with Crippen molar-refractivity contribution in [3.8, 4) is 0 Å². The van der Waals surface area contributed by atoms with Crippen LogP contribution < -0.4 is 5.32 Å². The summed E-state index contributed by atoms with van der Waals surface area (Å²) in [4.78, 5) is 12.3. The molecule has 0 aliphatic carbocycles. The third-order valence-corrected chi connectivity index (χ3v) is 6.99. The monoisotopic (exact) mass is 553 g/mol. The fraction of sp³-hybridized carbons (Fsp3) is 0.710. The first-order valence-corrected chi connectivity index (χ1v) is 16.4. The zero-order chi connectivity index (χ0) is 28.3. The lowest BCUT2D eigenvalue weighted by Gasteiger charge is -2.21. The molecule has 38 heavy (non-hydrogen) atoms. The van der Waals surface area contributed by atoms with Gasteiger partial charge >= 0.3 is 0 Å². The Morgan fingerprint density at radius 3 is 1.66 bits per heavy atom. The first-order valence-electron chi connectivity index (χ1n) is 14.8. The number of aliphatic hydroxyl groups is 1. The van der Waals surface area contributed by atoms with Gasteiger partial charge in [-0.1, -0.05) is 107 Å². The first-order chi connectivity index (χ1) is 18.3. The summed E-state index contributed by atoms with van der Waals surface area (Å²) in [5, 5.41) is 13.0. The van der Waals surface area contributed by atoms with Crippen LogP contribution in [0, 0.1) is 0 Å². The van der Waals surface area contributed by atoms with Gasteiger partial charge in [-0.05, 0) is 57.8 Å². The molecule has 0 rings (SSSR count). The molecule has 0 fully saturated rings. The molecule has 220 valence electrons. The molecule has 0 bridgehead atoms. The van der Waals surface area contributed by atoms with E-state index in [-0.39, 0.29) is 12.3 Å². The largest absolute Gasteiger partial charge is 0.387 e. The minimum Gasteiger partial charge on any atom is -0.387 e. The normalized spacial score (nSPS) is 14.3. The van der Waals surface area contributed by atoms with Crippen molar-refractivity contribution in [2.75, 3.05) is 5.75 Å². The maximum absolute atomic E-state index is 12.3. The summed E-state index contributed by atoms with van der Waals surface area (Å²) < 4.78 is 32.1. The van der Waals surface area contributed by atoms with Crippen molar-refractivity contribution in [3.63, 3.8) is 0 Å². The first kappa shape index (κ1) is 36.3. The maximum Gasteiger partial charge on any atom is 0.267 e. The second-order valence-corrected chi connectivity index (χ2v) is 11.5. The molecular formula is C31H55NO5S. The Morgan fingerprint density at radius 2 is 1.13 bits per heavy atom. The topological polar surface area (TPSA) is 104 Å².